The third kappa shape index (κ3) is 3.64. The second-order valence-corrected chi connectivity index (χ2v) is 3.89. The number of aliphatic hydroxyl groups excluding tert-OH is 1. The molecule has 0 bridgehead atoms. The molecule has 1 atom stereocenters. The van der Waals surface area contributed by atoms with E-state index in [1.165, 1.54) is 6.42 Å². The van der Waals surface area contributed by atoms with Crippen LogP contribution in [0.2, 0.25) is 0 Å². The number of hydrogen-bond donors (Lipinski definition) is 1. The molecule has 0 unspecified atom stereocenters. The molecule has 0 aromatic heterocycles. The van der Waals surface area contributed by atoms with Crippen LogP contribution >= 0.6 is 0 Å². The van der Waals surface area contributed by atoms with Crippen LogP contribution in [-0.2, 0) is 4.84 Å². The zero-order chi connectivity index (χ0) is 10.4. The van der Waals surface area contributed by atoms with E-state index in [9.17, 15) is 0 Å². The largest absolute Gasteiger partial charge is 0.395 e. The molecule has 0 saturated carbocycles. The normalized spacial score (nSPS) is 22.4. The first-order chi connectivity index (χ1) is 6.74. The Morgan fingerprint density at radius 1 is 1.57 bits per heavy atom. The van der Waals surface area contributed by atoms with E-state index in [1.54, 1.807) is 0 Å². The molecule has 0 aliphatic carbocycles. The van der Waals surface area contributed by atoms with Crippen molar-refractivity contribution in [1.82, 2.24) is 4.90 Å². The van der Waals surface area contributed by atoms with E-state index >= 15 is 0 Å². The predicted octanol–water partition coefficient (Wildman–Crippen LogP) is 0.855. The van der Waals surface area contributed by atoms with E-state index in [2.05, 4.69) is 10.1 Å². The highest BCUT2D eigenvalue weighted by molar-refractivity contribution is 5.78. The maximum absolute atomic E-state index is 8.85. The lowest BCUT2D eigenvalue weighted by Gasteiger charge is -2.21. The summed E-state index contributed by atoms with van der Waals surface area (Å²) >= 11 is 0. The zero-order valence-electron chi connectivity index (χ0n) is 9.07. The minimum Gasteiger partial charge on any atom is -0.395 e. The van der Waals surface area contributed by atoms with Gasteiger partial charge in [0.1, 0.15) is 6.61 Å². The molecule has 1 heterocycles. The van der Waals surface area contributed by atoms with Crippen molar-refractivity contribution in [3.05, 3.63) is 0 Å². The smallest absolute Gasteiger partial charge is 0.132 e. The van der Waals surface area contributed by atoms with Gasteiger partial charge in [0.15, 0.2) is 0 Å². The SMILES string of the molecule is CC(C)=NOC[C@H]1CCCN1CCO. The second-order valence-electron chi connectivity index (χ2n) is 3.89. The van der Waals surface area contributed by atoms with E-state index in [4.69, 9.17) is 9.94 Å². The summed E-state index contributed by atoms with van der Waals surface area (Å²) in [5, 5.41) is 12.8. The van der Waals surface area contributed by atoms with Crippen LogP contribution in [0.5, 0.6) is 0 Å². The number of likely N-dealkylation sites (tertiary alicyclic amines) is 1. The van der Waals surface area contributed by atoms with Gasteiger partial charge in [-0.15, -0.1) is 0 Å². The molecule has 1 saturated heterocycles. The minimum absolute atomic E-state index is 0.229. The van der Waals surface area contributed by atoms with Crippen LogP contribution < -0.4 is 0 Å². The van der Waals surface area contributed by atoms with Gasteiger partial charge in [-0.2, -0.15) is 0 Å². The first kappa shape index (κ1) is 11.5. The van der Waals surface area contributed by atoms with Gasteiger partial charge in [0.25, 0.3) is 0 Å². The summed E-state index contributed by atoms with van der Waals surface area (Å²) in [6.07, 6.45) is 2.35. The Balaban J connectivity index is 2.25. The predicted molar refractivity (Wildman–Crippen MR) is 56.4 cm³/mol. The Bertz CT molecular complexity index is 191. The topological polar surface area (TPSA) is 45.1 Å². The van der Waals surface area contributed by atoms with Gasteiger partial charge in [-0.3, -0.25) is 4.90 Å². The highest BCUT2D eigenvalue weighted by Crippen LogP contribution is 2.16. The fourth-order valence-electron chi connectivity index (χ4n) is 1.76. The number of rotatable bonds is 5. The van der Waals surface area contributed by atoms with Crippen LogP contribution in [-0.4, -0.2) is 48.1 Å². The van der Waals surface area contributed by atoms with Crippen molar-refractivity contribution in [3.63, 3.8) is 0 Å². The highest BCUT2D eigenvalue weighted by Gasteiger charge is 2.24. The molecule has 82 valence electrons. The van der Waals surface area contributed by atoms with Crippen molar-refractivity contribution in [2.45, 2.75) is 32.7 Å². The molecule has 0 aromatic carbocycles. The van der Waals surface area contributed by atoms with E-state index in [0.717, 1.165) is 25.2 Å². The van der Waals surface area contributed by atoms with Gasteiger partial charge in [0, 0.05) is 12.6 Å². The average Bonchev–Trinajstić information content (AvgIpc) is 2.53. The molecule has 14 heavy (non-hydrogen) atoms. The maximum atomic E-state index is 8.85. The minimum atomic E-state index is 0.229. The summed E-state index contributed by atoms with van der Waals surface area (Å²) in [6.45, 7) is 6.53. The van der Waals surface area contributed by atoms with Crippen LogP contribution in [0.15, 0.2) is 5.16 Å². The Kier molecular flexibility index (Phi) is 4.90. The van der Waals surface area contributed by atoms with Gasteiger partial charge < -0.3 is 9.94 Å². The second kappa shape index (κ2) is 5.98. The third-order valence-electron chi connectivity index (χ3n) is 2.40. The summed E-state index contributed by atoms with van der Waals surface area (Å²) in [6, 6.07) is 0.435. The monoisotopic (exact) mass is 200 g/mol. The number of nitrogens with zero attached hydrogens (tertiary/aromatic N) is 2. The lowest BCUT2D eigenvalue weighted by molar-refractivity contribution is 0.0743. The first-order valence-electron chi connectivity index (χ1n) is 5.22. The van der Waals surface area contributed by atoms with Crippen molar-refractivity contribution < 1.29 is 9.94 Å². The van der Waals surface area contributed by atoms with Crippen molar-refractivity contribution in [3.8, 4) is 0 Å². The molecule has 0 spiro atoms. The van der Waals surface area contributed by atoms with Crippen LogP contribution in [0.3, 0.4) is 0 Å². The molecule has 1 aliphatic heterocycles. The van der Waals surface area contributed by atoms with Gasteiger partial charge in [0.05, 0.1) is 12.3 Å². The number of hydrogen-bond acceptors (Lipinski definition) is 4. The lowest BCUT2D eigenvalue weighted by Crippen LogP contribution is -2.34. The molecule has 0 amide bonds. The Morgan fingerprint density at radius 2 is 2.36 bits per heavy atom. The molecule has 1 fully saturated rings. The van der Waals surface area contributed by atoms with Crippen LogP contribution in [0.1, 0.15) is 26.7 Å². The highest BCUT2D eigenvalue weighted by atomic mass is 16.6. The number of oxime groups is 1. The van der Waals surface area contributed by atoms with Crippen LogP contribution in [0.4, 0.5) is 0 Å². The van der Waals surface area contributed by atoms with Crippen LogP contribution in [0, 0.1) is 0 Å². The molecule has 4 heteroatoms. The molecule has 1 N–H and O–H groups in total. The van der Waals surface area contributed by atoms with Gasteiger partial charge in [-0.25, -0.2) is 0 Å². The fraction of sp³-hybridized carbons (Fsp3) is 0.900. The van der Waals surface area contributed by atoms with Crippen molar-refractivity contribution in [2.75, 3.05) is 26.3 Å². The molecule has 0 aromatic rings. The number of β-amino-alcohol motifs (C(OH)–C–C–N with tert-alkyl or cyclic N) is 1. The van der Waals surface area contributed by atoms with Crippen LogP contribution in [0.25, 0.3) is 0 Å². The van der Waals surface area contributed by atoms with E-state index in [0.29, 0.717) is 12.6 Å². The summed E-state index contributed by atoms with van der Waals surface area (Å²) in [4.78, 5) is 7.48. The van der Waals surface area contributed by atoms with Gasteiger partial charge in [0.2, 0.25) is 0 Å². The first-order valence-corrected chi connectivity index (χ1v) is 5.22. The number of aliphatic hydroxyl groups is 1. The van der Waals surface area contributed by atoms with Gasteiger partial charge in [-0.1, -0.05) is 5.16 Å². The van der Waals surface area contributed by atoms with Crippen molar-refractivity contribution in [2.24, 2.45) is 5.16 Å². The zero-order valence-corrected chi connectivity index (χ0v) is 9.07. The maximum Gasteiger partial charge on any atom is 0.132 e. The Hall–Kier alpha value is -0.610. The summed E-state index contributed by atoms with van der Waals surface area (Å²) in [5.74, 6) is 0. The summed E-state index contributed by atoms with van der Waals surface area (Å²) < 4.78 is 0. The van der Waals surface area contributed by atoms with E-state index < -0.39 is 0 Å². The lowest BCUT2D eigenvalue weighted by atomic mass is 10.2. The Morgan fingerprint density at radius 3 is 3.00 bits per heavy atom. The van der Waals surface area contributed by atoms with Crippen molar-refractivity contribution in [1.29, 1.82) is 0 Å². The molecular weight excluding hydrogens is 180 g/mol. The summed E-state index contributed by atoms with van der Waals surface area (Å²) in [7, 11) is 0. The molecule has 4 nitrogen and oxygen atoms in total. The molecule has 0 radical (unpaired) electrons. The molecule has 1 aliphatic rings. The molecule has 1 rings (SSSR count). The van der Waals surface area contributed by atoms with E-state index in [-0.39, 0.29) is 6.61 Å². The average molecular weight is 200 g/mol. The Labute approximate surface area is 85.5 Å². The standard InChI is InChI=1S/C10H20N2O2/c1-9(2)11-14-8-10-4-3-5-12(10)6-7-13/h10,13H,3-8H2,1-2H3/t10-/m1/s1. The van der Waals surface area contributed by atoms with Crippen molar-refractivity contribution >= 4 is 5.71 Å². The molecular formula is C10H20N2O2. The third-order valence-corrected chi connectivity index (χ3v) is 2.40. The quantitative estimate of drug-likeness (QED) is 0.529. The van der Waals surface area contributed by atoms with E-state index in [1.807, 2.05) is 13.8 Å². The van der Waals surface area contributed by atoms with Gasteiger partial charge in [-0.05, 0) is 33.2 Å². The van der Waals surface area contributed by atoms with Gasteiger partial charge >= 0.3 is 0 Å². The summed E-state index contributed by atoms with van der Waals surface area (Å²) in [5.41, 5.74) is 0.941. The fourth-order valence-corrected chi connectivity index (χ4v) is 1.76.